The van der Waals surface area contributed by atoms with Crippen LogP contribution in [0.3, 0.4) is 0 Å². The summed E-state index contributed by atoms with van der Waals surface area (Å²) in [4.78, 5) is 18.2. The summed E-state index contributed by atoms with van der Waals surface area (Å²) in [7, 11) is 0. The third-order valence-corrected chi connectivity index (χ3v) is 8.44. The maximum absolute atomic E-state index is 14.1. The van der Waals surface area contributed by atoms with Gasteiger partial charge in [-0.05, 0) is 61.6 Å². The lowest BCUT2D eigenvalue weighted by Gasteiger charge is -2.45. The van der Waals surface area contributed by atoms with Gasteiger partial charge in [-0.25, -0.2) is 0 Å². The Morgan fingerprint density at radius 3 is 2.30 bits per heavy atom. The average molecular weight is 599 g/mol. The van der Waals surface area contributed by atoms with Crippen molar-refractivity contribution in [2.45, 2.75) is 46.5 Å². The standard InChI is InChI=1S/C34H36BrN3O2/c1-5-37(6-2)25-17-15-22(16-18-25)29-30-27(20-34(3,4)21-28(30)39)38(26-14-10-13-24(35)19-26)33(36)31(29)32(40)23-11-8-7-9-12-23/h7-19,29,36,40H,5-6,20-21H2,1-4H3/b32-31+,36-33?. The van der Waals surface area contributed by atoms with Crippen LogP contribution in [0.4, 0.5) is 11.4 Å². The molecule has 1 atom stereocenters. The largest absolute Gasteiger partial charge is 0.507 e. The van der Waals surface area contributed by atoms with Gasteiger partial charge in [0.15, 0.2) is 5.78 Å². The number of ketones is 1. The number of anilines is 2. The summed E-state index contributed by atoms with van der Waals surface area (Å²) in [5.74, 6) is -0.287. The number of aliphatic hydroxyl groups excluding tert-OH is 1. The fraction of sp³-hybridized carbons (Fsp3) is 0.294. The zero-order valence-electron chi connectivity index (χ0n) is 23.5. The molecule has 6 heteroatoms. The molecule has 1 aliphatic carbocycles. The topological polar surface area (TPSA) is 67.6 Å². The summed E-state index contributed by atoms with van der Waals surface area (Å²) in [6.07, 6.45) is 1.06. The summed E-state index contributed by atoms with van der Waals surface area (Å²) in [5.41, 5.74) is 5.11. The second-order valence-electron chi connectivity index (χ2n) is 11.3. The number of allylic oxidation sites excluding steroid dienone is 2. The Hall–Kier alpha value is -3.64. The molecule has 0 aromatic heterocycles. The van der Waals surface area contributed by atoms with E-state index in [2.05, 4.69) is 72.8 Å². The summed E-state index contributed by atoms with van der Waals surface area (Å²) in [5, 5.41) is 21.4. The van der Waals surface area contributed by atoms with E-state index in [9.17, 15) is 15.3 Å². The first-order valence-electron chi connectivity index (χ1n) is 13.9. The van der Waals surface area contributed by atoms with E-state index in [-0.39, 0.29) is 22.8 Å². The van der Waals surface area contributed by atoms with E-state index in [1.54, 1.807) is 0 Å². The van der Waals surface area contributed by atoms with Crippen molar-refractivity contribution in [1.82, 2.24) is 0 Å². The maximum Gasteiger partial charge on any atom is 0.162 e. The number of halogens is 1. The number of amidine groups is 1. The van der Waals surface area contributed by atoms with Gasteiger partial charge in [0.1, 0.15) is 11.6 Å². The highest BCUT2D eigenvalue weighted by Crippen LogP contribution is 2.51. The second kappa shape index (κ2) is 11.1. The lowest BCUT2D eigenvalue weighted by Crippen LogP contribution is -2.45. The van der Waals surface area contributed by atoms with Gasteiger partial charge in [-0.3, -0.25) is 15.1 Å². The fourth-order valence-electron chi connectivity index (χ4n) is 6.07. The predicted molar refractivity (Wildman–Crippen MR) is 168 cm³/mol. The molecule has 1 heterocycles. The average Bonchev–Trinajstić information content (AvgIpc) is 2.93. The normalized spacial score (nSPS) is 19.9. The van der Waals surface area contributed by atoms with Crippen LogP contribution in [0.5, 0.6) is 0 Å². The van der Waals surface area contributed by atoms with Crippen LogP contribution in [0.2, 0.25) is 0 Å². The number of aliphatic hydroxyl groups is 1. The van der Waals surface area contributed by atoms with Crippen LogP contribution < -0.4 is 9.80 Å². The second-order valence-corrected chi connectivity index (χ2v) is 12.2. The molecule has 2 aliphatic rings. The molecular weight excluding hydrogens is 562 g/mol. The van der Waals surface area contributed by atoms with Gasteiger partial charge in [0.2, 0.25) is 0 Å². The van der Waals surface area contributed by atoms with E-state index in [0.29, 0.717) is 29.6 Å². The van der Waals surface area contributed by atoms with Crippen LogP contribution in [-0.2, 0) is 4.79 Å². The molecule has 206 valence electrons. The molecule has 40 heavy (non-hydrogen) atoms. The molecule has 1 aliphatic heterocycles. The Labute approximate surface area is 245 Å². The van der Waals surface area contributed by atoms with Gasteiger partial charge in [-0.2, -0.15) is 0 Å². The molecular formula is C34H36BrN3O2. The molecule has 0 saturated heterocycles. The van der Waals surface area contributed by atoms with Gasteiger partial charge in [0.05, 0.1) is 0 Å². The van der Waals surface area contributed by atoms with E-state index >= 15 is 0 Å². The number of rotatable bonds is 6. The minimum absolute atomic E-state index is 0.0209. The fourth-order valence-corrected chi connectivity index (χ4v) is 6.45. The van der Waals surface area contributed by atoms with Crippen LogP contribution >= 0.6 is 15.9 Å². The van der Waals surface area contributed by atoms with Crippen LogP contribution in [0.15, 0.2) is 100 Å². The van der Waals surface area contributed by atoms with E-state index in [1.165, 1.54) is 0 Å². The molecule has 0 spiro atoms. The Bertz CT molecular complexity index is 1500. The molecule has 5 nitrogen and oxygen atoms in total. The molecule has 0 fully saturated rings. The summed E-state index contributed by atoms with van der Waals surface area (Å²) < 4.78 is 0.883. The van der Waals surface area contributed by atoms with Crippen molar-refractivity contribution in [1.29, 1.82) is 5.41 Å². The number of hydrogen-bond acceptors (Lipinski definition) is 4. The van der Waals surface area contributed by atoms with Gasteiger partial charge in [-0.1, -0.05) is 78.3 Å². The number of carbonyl (C=O) groups excluding carboxylic acids is 1. The van der Waals surface area contributed by atoms with Gasteiger partial charge < -0.3 is 10.0 Å². The first-order valence-corrected chi connectivity index (χ1v) is 14.7. The number of nitrogens with zero attached hydrogens (tertiary/aromatic N) is 2. The van der Waals surface area contributed by atoms with Crippen LogP contribution in [0, 0.1) is 10.8 Å². The Morgan fingerprint density at radius 2 is 1.68 bits per heavy atom. The van der Waals surface area contributed by atoms with Crippen molar-refractivity contribution in [2.24, 2.45) is 5.41 Å². The minimum Gasteiger partial charge on any atom is -0.507 e. The summed E-state index contributed by atoms with van der Waals surface area (Å²) in [6.45, 7) is 10.3. The number of carbonyl (C=O) groups is 1. The van der Waals surface area contributed by atoms with Crippen molar-refractivity contribution < 1.29 is 9.90 Å². The van der Waals surface area contributed by atoms with Crippen LogP contribution in [0.1, 0.15) is 57.6 Å². The predicted octanol–water partition coefficient (Wildman–Crippen LogP) is 8.49. The van der Waals surface area contributed by atoms with Gasteiger partial charge in [0, 0.05) is 63.7 Å². The molecule has 1 unspecified atom stereocenters. The van der Waals surface area contributed by atoms with Crippen molar-refractivity contribution >= 4 is 44.7 Å². The van der Waals surface area contributed by atoms with Crippen LogP contribution in [0.25, 0.3) is 5.76 Å². The summed E-state index contributed by atoms with van der Waals surface area (Å²) >= 11 is 3.58. The summed E-state index contributed by atoms with van der Waals surface area (Å²) in [6, 6.07) is 25.4. The number of benzene rings is 3. The van der Waals surface area contributed by atoms with Crippen molar-refractivity contribution in [3.05, 3.63) is 111 Å². The molecule has 2 N–H and O–H groups in total. The van der Waals surface area contributed by atoms with Crippen molar-refractivity contribution in [3.63, 3.8) is 0 Å². The molecule has 0 saturated carbocycles. The van der Waals surface area contributed by atoms with E-state index in [1.807, 2.05) is 59.5 Å². The van der Waals surface area contributed by atoms with Crippen molar-refractivity contribution in [3.8, 4) is 0 Å². The van der Waals surface area contributed by atoms with E-state index < -0.39 is 5.92 Å². The first kappa shape index (κ1) is 27.9. The maximum atomic E-state index is 14.1. The molecule has 0 radical (unpaired) electrons. The smallest absolute Gasteiger partial charge is 0.162 e. The van der Waals surface area contributed by atoms with Gasteiger partial charge >= 0.3 is 0 Å². The minimum atomic E-state index is -0.555. The molecule has 3 aromatic rings. The lowest BCUT2D eigenvalue weighted by atomic mass is 9.67. The highest BCUT2D eigenvalue weighted by molar-refractivity contribution is 9.10. The number of hydrogen-bond donors (Lipinski definition) is 2. The quantitative estimate of drug-likeness (QED) is 0.279. The third kappa shape index (κ3) is 5.13. The Balaban J connectivity index is 1.81. The van der Waals surface area contributed by atoms with Gasteiger partial charge in [-0.15, -0.1) is 0 Å². The zero-order valence-corrected chi connectivity index (χ0v) is 25.1. The zero-order chi connectivity index (χ0) is 28.6. The monoisotopic (exact) mass is 597 g/mol. The highest BCUT2D eigenvalue weighted by Gasteiger charge is 2.46. The third-order valence-electron chi connectivity index (χ3n) is 7.95. The molecule has 5 rings (SSSR count). The van der Waals surface area contributed by atoms with Gasteiger partial charge in [0.25, 0.3) is 0 Å². The molecule has 0 amide bonds. The van der Waals surface area contributed by atoms with E-state index in [0.717, 1.165) is 40.2 Å². The molecule has 0 bridgehead atoms. The number of Topliss-reactive ketones (excluding diaryl/α,β-unsaturated/α-hetero) is 1. The van der Waals surface area contributed by atoms with Crippen molar-refractivity contribution in [2.75, 3.05) is 22.9 Å². The van der Waals surface area contributed by atoms with E-state index in [4.69, 9.17) is 0 Å². The first-order chi connectivity index (χ1) is 19.1. The number of nitrogens with one attached hydrogen (secondary N) is 1. The Kier molecular flexibility index (Phi) is 7.74. The molecule has 3 aromatic carbocycles. The highest BCUT2D eigenvalue weighted by atomic mass is 79.9. The Morgan fingerprint density at radius 1 is 1.00 bits per heavy atom. The van der Waals surface area contributed by atoms with Crippen LogP contribution in [-0.4, -0.2) is 29.8 Å². The SMILES string of the molecule is CCN(CC)c1ccc(C2C3=C(CC(C)(C)CC3=O)N(c3cccc(Br)c3)C(=N)/C2=C(/O)c2ccccc2)cc1. The lowest BCUT2D eigenvalue weighted by molar-refractivity contribution is -0.118.